The number of halogens is 1. The Bertz CT molecular complexity index is 814. The molecule has 1 aliphatic rings. The van der Waals surface area contributed by atoms with Crippen LogP contribution in [0.25, 0.3) is 0 Å². The topological polar surface area (TPSA) is 29.5 Å². The maximum absolute atomic E-state index is 13.0. The number of fused-ring (bicyclic) bond motifs is 1. The highest BCUT2D eigenvalue weighted by Gasteiger charge is 2.38. The van der Waals surface area contributed by atoms with Crippen molar-refractivity contribution in [3.8, 4) is 0 Å². The molecule has 2 atom stereocenters. The highest BCUT2D eigenvalue weighted by Crippen LogP contribution is 2.43. The first kappa shape index (κ1) is 19.4. The number of ether oxygens (including phenoxy) is 1. The second-order valence-electron chi connectivity index (χ2n) is 7.19. The van der Waals surface area contributed by atoms with Gasteiger partial charge in [0.1, 0.15) is 6.04 Å². The Labute approximate surface area is 164 Å². The van der Waals surface area contributed by atoms with Crippen LogP contribution in [-0.4, -0.2) is 23.5 Å². The molecule has 1 aliphatic heterocycles. The lowest BCUT2D eigenvalue weighted by Gasteiger charge is -2.39. The number of benzene rings is 1. The van der Waals surface area contributed by atoms with E-state index in [1.54, 1.807) is 0 Å². The maximum atomic E-state index is 13.0. The summed E-state index contributed by atoms with van der Waals surface area (Å²) in [4.78, 5) is 18.1. The molecule has 1 aromatic carbocycles. The molecule has 140 valence electrons. The molecule has 2 heterocycles. The van der Waals surface area contributed by atoms with Gasteiger partial charge in [0.2, 0.25) is 0 Å². The zero-order valence-corrected chi connectivity index (χ0v) is 17.6. The quantitative estimate of drug-likeness (QED) is 0.632. The van der Waals surface area contributed by atoms with E-state index >= 15 is 0 Å². The summed E-state index contributed by atoms with van der Waals surface area (Å²) in [5.41, 5.74) is 3.53. The van der Waals surface area contributed by atoms with Gasteiger partial charge in [0.05, 0.1) is 6.10 Å². The Hall–Kier alpha value is -1.36. The molecule has 0 radical (unpaired) electrons. The smallest absolute Gasteiger partial charge is 0.328 e. The zero-order chi connectivity index (χ0) is 19.0. The van der Waals surface area contributed by atoms with E-state index in [-0.39, 0.29) is 18.1 Å². The van der Waals surface area contributed by atoms with Crippen molar-refractivity contribution < 1.29 is 9.53 Å². The Balaban J connectivity index is 2.04. The fourth-order valence-electron chi connectivity index (χ4n) is 3.82. The second kappa shape index (κ2) is 7.71. The third-order valence-corrected chi connectivity index (χ3v) is 6.75. The van der Waals surface area contributed by atoms with Gasteiger partial charge >= 0.3 is 5.97 Å². The molecule has 0 bridgehead atoms. The van der Waals surface area contributed by atoms with Crippen LogP contribution in [0.1, 0.15) is 59.3 Å². The van der Waals surface area contributed by atoms with Crippen molar-refractivity contribution in [2.45, 2.75) is 59.2 Å². The summed E-state index contributed by atoms with van der Waals surface area (Å²) in [6.07, 6.45) is 0.794. The molecular formula is C21H26ClNO2S. The molecule has 5 heteroatoms. The summed E-state index contributed by atoms with van der Waals surface area (Å²) in [6.45, 7) is 11.1. The van der Waals surface area contributed by atoms with Crippen LogP contribution in [-0.2, 0) is 16.0 Å². The van der Waals surface area contributed by atoms with Gasteiger partial charge in [-0.25, -0.2) is 4.79 Å². The van der Waals surface area contributed by atoms with Crippen LogP contribution in [0.4, 0.5) is 0 Å². The maximum Gasteiger partial charge on any atom is 0.328 e. The number of aryl methyl sites for hydroxylation is 1. The summed E-state index contributed by atoms with van der Waals surface area (Å²) in [7, 11) is 0. The van der Waals surface area contributed by atoms with Crippen molar-refractivity contribution in [2.75, 3.05) is 6.54 Å². The predicted molar refractivity (Wildman–Crippen MR) is 108 cm³/mol. The van der Waals surface area contributed by atoms with Gasteiger partial charge in [0.15, 0.2) is 0 Å². The van der Waals surface area contributed by atoms with Gasteiger partial charge in [-0.3, -0.25) is 4.90 Å². The Kier molecular flexibility index (Phi) is 5.75. The molecule has 2 aromatic rings. The highest BCUT2D eigenvalue weighted by atomic mass is 35.5. The van der Waals surface area contributed by atoms with Gasteiger partial charge < -0.3 is 4.74 Å². The van der Waals surface area contributed by atoms with E-state index in [0.29, 0.717) is 5.02 Å². The summed E-state index contributed by atoms with van der Waals surface area (Å²) in [5.74, 6) is -0.229. The number of nitrogens with zero attached hydrogens (tertiary/aromatic N) is 1. The Morgan fingerprint density at radius 2 is 2.00 bits per heavy atom. The molecule has 0 N–H and O–H groups in total. The molecule has 3 nitrogen and oxygen atoms in total. The number of rotatable bonds is 4. The van der Waals surface area contributed by atoms with Gasteiger partial charge in [-0.1, -0.05) is 29.8 Å². The monoisotopic (exact) mass is 391 g/mol. The summed E-state index contributed by atoms with van der Waals surface area (Å²) >= 11 is 8.35. The van der Waals surface area contributed by atoms with Crippen molar-refractivity contribution in [1.82, 2.24) is 4.90 Å². The van der Waals surface area contributed by atoms with Crippen molar-refractivity contribution in [3.63, 3.8) is 0 Å². The van der Waals surface area contributed by atoms with Crippen molar-refractivity contribution >= 4 is 28.9 Å². The summed E-state index contributed by atoms with van der Waals surface area (Å²) < 4.78 is 5.61. The van der Waals surface area contributed by atoms with E-state index in [9.17, 15) is 4.79 Å². The lowest BCUT2D eigenvalue weighted by molar-refractivity contribution is -0.155. The van der Waals surface area contributed by atoms with Crippen molar-refractivity contribution in [3.05, 3.63) is 55.7 Å². The largest absolute Gasteiger partial charge is 0.462 e. The lowest BCUT2D eigenvalue weighted by atomic mass is 9.93. The normalized spacial score (nSPS) is 18.7. The van der Waals surface area contributed by atoms with Crippen LogP contribution >= 0.6 is 22.9 Å². The minimum atomic E-state index is -0.492. The molecule has 0 amide bonds. The first-order valence-electron chi connectivity index (χ1n) is 9.10. The molecule has 0 saturated heterocycles. The first-order chi connectivity index (χ1) is 12.3. The fourth-order valence-corrected chi connectivity index (χ4v) is 5.32. The van der Waals surface area contributed by atoms with Gasteiger partial charge in [-0.2, -0.15) is 0 Å². The molecule has 0 spiro atoms. The molecule has 0 saturated carbocycles. The van der Waals surface area contributed by atoms with Crippen LogP contribution < -0.4 is 0 Å². The molecule has 1 aromatic heterocycles. The molecule has 3 rings (SSSR count). The molecule has 0 aliphatic carbocycles. The summed E-state index contributed by atoms with van der Waals surface area (Å²) in [5, 5.41) is 0.606. The molecule has 26 heavy (non-hydrogen) atoms. The van der Waals surface area contributed by atoms with Crippen molar-refractivity contribution in [2.24, 2.45) is 0 Å². The average Bonchev–Trinajstić information content (AvgIpc) is 2.86. The third kappa shape index (κ3) is 3.55. The van der Waals surface area contributed by atoms with Crippen LogP contribution in [0.15, 0.2) is 24.3 Å². The van der Waals surface area contributed by atoms with E-state index in [1.807, 2.05) is 49.4 Å². The molecule has 1 unspecified atom stereocenters. The lowest BCUT2D eigenvalue weighted by Crippen LogP contribution is -2.41. The minimum absolute atomic E-state index is 0.143. The van der Waals surface area contributed by atoms with Crippen LogP contribution in [0, 0.1) is 13.8 Å². The van der Waals surface area contributed by atoms with E-state index in [2.05, 4.69) is 25.7 Å². The SMILES string of the molecule is Cc1sc2c(c1C)C(C)N([C@H](C(=O)OC(C)C)c1ccccc1Cl)CC2. The minimum Gasteiger partial charge on any atom is -0.462 e. The highest BCUT2D eigenvalue weighted by molar-refractivity contribution is 7.12. The predicted octanol–water partition coefficient (Wildman–Crippen LogP) is 5.63. The van der Waals surface area contributed by atoms with E-state index < -0.39 is 6.04 Å². The number of hydrogen-bond acceptors (Lipinski definition) is 4. The third-order valence-electron chi connectivity index (χ3n) is 5.13. The van der Waals surface area contributed by atoms with Gasteiger partial charge in [0.25, 0.3) is 0 Å². The Morgan fingerprint density at radius 3 is 2.65 bits per heavy atom. The summed E-state index contributed by atoms with van der Waals surface area (Å²) in [6, 6.07) is 7.24. The van der Waals surface area contributed by atoms with Gasteiger partial charge in [-0.05, 0) is 63.8 Å². The zero-order valence-electron chi connectivity index (χ0n) is 16.0. The number of esters is 1. The Morgan fingerprint density at radius 1 is 1.31 bits per heavy atom. The standard InChI is InChI=1S/C21H26ClNO2S/c1-12(2)25-21(24)20(16-8-6-7-9-17(16)22)23-11-10-18-19(14(23)4)13(3)15(5)26-18/h6-9,12,14,20H,10-11H2,1-5H3/t14?,20-/m0/s1. The molecule has 0 fully saturated rings. The van der Waals surface area contributed by atoms with Crippen molar-refractivity contribution in [1.29, 1.82) is 0 Å². The van der Waals surface area contributed by atoms with Gasteiger partial charge in [0, 0.05) is 27.4 Å². The second-order valence-corrected chi connectivity index (χ2v) is 8.91. The number of thiophene rings is 1. The molecular weight excluding hydrogens is 366 g/mol. The average molecular weight is 392 g/mol. The van der Waals surface area contributed by atoms with E-state index in [0.717, 1.165) is 18.5 Å². The van der Waals surface area contributed by atoms with Gasteiger partial charge in [-0.15, -0.1) is 11.3 Å². The number of hydrogen-bond donors (Lipinski definition) is 0. The number of carbonyl (C=O) groups excluding carboxylic acids is 1. The first-order valence-corrected chi connectivity index (χ1v) is 10.3. The van der Waals surface area contributed by atoms with Crippen LogP contribution in [0.3, 0.4) is 0 Å². The number of carbonyl (C=O) groups is 1. The van der Waals surface area contributed by atoms with E-state index in [1.165, 1.54) is 20.9 Å². The van der Waals surface area contributed by atoms with Crippen LogP contribution in [0.5, 0.6) is 0 Å². The fraction of sp³-hybridized carbons (Fsp3) is 0.476. The van der Waals surface area contributed by atoms with Crippen LogP contribution in [0.2, 0.25) is 5.02 Å². The van der Waals surface area contributed by atoms with E-state index in [4.69, 9.17) is 16.3 Å².